The third kappa shape index (κ3) is 5.81. The van der Waals surface area contributed by atoms with E-state index in [1.807, 2.05) is 56.3 Å². The molecule has 4 rings (SSSR count). The number of anilines is 3. The normalized spacial score (nSPS) is 11.2. The number of nitrogens with zero attached hydrogens (tertiary/aromatic N) is 2. The van der Waals surface area contributed by atoms with Gasteiger partial charge < -0.3 is 20.5 Å². The number of hydrogen-bond acceptors (Lipinski definition) is 5. The lowest BCUT2D eigenvalue weighted by molar-refractivity contribution is 0.0962. The Morgan fingerprint density at radius 2 is 1.45 bits per heavy atom. The van der Waals surface area contributed by atoms with Gasteiger partial charge in [0.2, 0.25) is 0 Å². The Morgan fingerprint density at radius 3 is 2.05 bits per heavy atom. The largest absolute Gasteiger partial charge is 0.355 e. The van der Waals surface area contributed by atoms with Crippen molar-refractivity contribution >= 4 is 29.0 Å². The van der Waals surface area contributed by atoms with Gasteiger partial charge in [-0.3, -0.25) is 14.4 Å². The maximum Gasteiger partial charge on any atom is 0.293 e. The van der Waals surface area contributed by atoms with E-state index >= 15 is 0 Å². The average Bonchev–Trinajstić information content (AvgIpc) is 2.94. The van der Waals surface area contributed by atoms with Gasteiger partial charge in [0.05, 0.1) is 5.69 Å². The zero-order chi connectivity index (χ0) is 29.2. The Hall–Kier alpha value is -4.72. The molecule has 0 bridgehead atoms. The van der Waals surface area contributed by atoms with Gasteiger partial charge in [-0.25, -0.2) is 4.98 Å². The summed E-state index contributed by atoms with van der Waals surface area (Å²) < 4.78 is 1.55. The van der Waals surface area contributed by atoms with Crippen molar-refractivity contribution in [1.29, 1.82) is 0 Å². The second-order valence-corrected chi connectivity index (χ2v) is 10.8. The summed E-state index contributed by atoms with van der Waals surface area (Å²) in [4.78, 5) is 42.7. The van der Waals surface area contributed by atoms with Crippen LogP contribution in [0.15, 0.2) is 71.5 Å². The monoisotopic (exact) mass is 537 g/mol. The molecule has 4 aromatic rings. The van der Waals surface area contributed by atoms with Crippen molar-refractivity contribution < 1.29 is 9.59 Å². The number of benzene rings is 3. The fraction of sp³-hybridized carbons (Fsp3) is 0.250. The highest BCUT2D eigenvalue weighted by Crippen LogP contribution is 2.30. The second-order valence-electron chi connectivity index (χ2n) is 10.8. The molecule has 3 N–H and O–H groups in total. The molecule has 1 aromatic heterocycles. The highest BCUT2D eigenvalue weighted by atomic mass is 16.2. The zero-order valence-corrected chi connectivity index (χ0v) is 24.0. The average molecular weight is 538 g/mol. The molecule has 0 aliphatic heterocycles. The summed E-state index contributed by atoms with van der Waals surface area (Å²) in [6.07, 6.45) is 0. The summed E-state index contributed by atoms with van der Waals surface area (Å²) in [5.41, 5.74) is 6.19. The molecular weight excluding hydrogens is 502 g/mol. The zero-order valence-electron chi connectivity index (χ0n) is 24.0. The molecule has 0 atom stereocenters. The molecule has 3 aromatic carbocycles. The van der Waals surface area contributed by atoms with E-state index in [1.165, 1.54) is 0 Å². The van der Waals surface area contributed by atoms with Crippen LogP contribution in [0.2, 0.25) is 0 Å². The SMILES string of the molecule is CNC(=O)c1ccc(Nc2nc(-c3cccc(NC(=O)c4ccc(C(C)(C)C)cc4)c3C)c(C)n(C)c2=O)cc1. The van der Waals surface area contributed by atoms with Crippen LogP contribution in [0.25, 0.3) is 11.3 Å². The number of amides is 2. The summed E-state index contributed by atoms with van der Waals surface area (Å²) in [7, 11) is 3.27. The molecule has 0 aliphatic carbocycles. The molecule has 8 heteroatoms. The lowest BCUT2D eigenvalue weighted by Crippen LogP contribution is -2.24. The van der Waals surface area contributed by atoms with Crippen LogP contribution >= 0.6 is 0 Å². The van der Waals surface area contributed by atoms with Gasteiger partial charge in [0.25, 0.3) is 17.4 Å². The van der Waals surface area contributed by atoms with Crippen LogP contribution in [0, 0.1) is 13.8 Å². The Balaban J connectivity index is 1.65. The summed E-state index contributed by atoms with van der Waals surface area (Å²) in [5, 5.41) is 8.71. The maximum absolute atomic E-state index is 13.1. The van der Waals surface area contributed by atoms with Gasteiger partial charge in [0.1, 0.15) is 0 Å². The quantitative estimate of drug-likeness (QED) is 0.292. The Labute approximate surface area is 234 Å². The van der Waals surface area contributed by atoms with E-state index in [9.17, 15) is 14.4 Å². The van der Waals surface area contributed by atoms with Gasteiger partial charge in [-0.15, -0.1) is 0 Å². The molecule has 40 heavy (non-hydrogen) atoms. The van der Waals surface area contributed by atoms with E-state index < -0.39 is 0 Å². The van der Waals surface area contributed by atoms with Crippen LogP contribution in [0.4, 0.5) is 17.2 Å². The Kier molecular flexibility index (Phi) is 7.91. The van der Waals surface area contributed by atoms with E-state index in [4.69, 9.17) is 4.98 Å². The first-order valence-corrected chi connectivity index (χ1v) is 13.1. The van der Waals surface area contributed by atoms with Gasteiger partial charge in [0.15, 0.2) is 5.82 Å². The van der Waals surface area contributed by atoms with Crippen molar-refractivity contribution in [2.45, 2.75) is 40.0 Å². The number of hydrogen-bond donors (Lipinski definition) is 3. The highest BCUT2D eigenvalue weighted by Gasteiger charge is 2.18. The maximum atomic E-state index is 13.1. The smallest absolute Gasteiger partial charge is 0.293 e. The van der Waals surface area contributed by atoms with Crippen LogP contribution in [0.1, 0.15) is 58.3 Å². The first kappa shape index (κ1) is 28.3. The van der Waals surface area contributed by atoms with Crippen molar-refractivity contribution in [1.82, 2.24) is 14.9 Å². The van der Waals surface area contributed by atoms with E-state index in [-0.39, 0.29) is 28.6 Å². The highest BCUT2D eigenvalue weighted by molar-refractivity contribution is 6.05. The number of carbonyl (C=O) groups excluding carboxylic acids is 2. The molecule has 0 radical (unpaired) electrons. The van der Waals surface area contributed by atoms with Crippen molar-refractivity contribution in [3.63, 3.8) is 0 Å². The summed E-state index contributed by atoms with van der Waals surface area (Å²) >= 11 is 0. The van der Waals surface area contributed by atoms with Gasteiger partial charge in [0, 0.05) is 47.9 Å². The fourth-order valence-electron chi connectivity index (χ4n) is 4.38. The molecule has 2 amide bonds. The molecule has 0 fully saturated rings. The summed E-state index contributed by atoms with van der Waals surface area (Å²) in [5.74, 6) is -0.237. The molecule has 0 saturated heterocycles. The lowest BCUT2D eigenvalue weighted by Gasteiger charge is -2.19. The Morgan fingerprint density at radius 1 is 0.850 bits per heavy atom. The molecule has 8 nitrogen and oxygen atoms in total. The third-order valence-corrected chi connectivity index (χ3v) is 7.06. The molecule has 1 heterocycles. The fourth-order valence-corrected chi connectivity index (χ4v) is 4.38. The summed E-state index contributed by atoms with van der Waals surface area (Å²) in [6.45, 7) is 10.2. The molecular formula is C32H35N5O3. The van der Waals surface area contributed by atoms with E-state index in [0.29, 0.717) is 33.9 Å². The standard InChI is InChI=1S/C32H35N5O3/c1-19-25(9-8-10-26(19)35-30(39)22-11-15-23(16-12-22)32(3,4)5)27-20(2)37(7)31(40)28(36-27)34-24-17-13-21(14-18-24)29(38)33-6/h8-18H,1-7H3,(H,33,38)(H,34,36)(H,35,39). The van der Waals surface area contributed by atoms with E-state index in [0.717, 1.165) is 16.7 Å². The van der Waals surface area contributed by atoms with Gasteiger partial charge in [-0.2, -0.15) is 0 Å². The molecule has 0 aliphatic rings. The number of rotatable bonds is 6. The topological polar surface area (TPSA) is 105 Å². The first-order valence-electron chi connectivity index (χ1n) is 13.1. The van der Waals surface area contributed by atoms with Gasteiger partial charge in [-0.1, -0.05) is 45.0 Å². The van der Waals surface area contributed by atoms with E-state index in [1.54, 1.807) is 42.9 Å². The van der Waals surface area contributed by atoms with Crippen LogP contribution in [0.5, 0.6) is 0 Å². The van der Waals surface area contributed by atoms with Crippen LogP contribution < -0.4 is 21.5 Å². The van der Waals surface area contributed by atoms with Crippen LogP contribution in [-0.4, -0.2) is 28.4 Å². The molecule has 0 spiro atoms. The minimum absolute atomic E-state index is 0.00328. The predicted molar refractivity (Wildman–Crippen MR) is 161 cm³/mol. The number of nitrogens with one attached hydrogen (secondary N) is 3. The van der Waals surface area contributed by atoms with Gasteiger partial charge >= 0.3 is 0 Å². The van der Waals surface area contributed by atoms with Crippen LogP contribution in [0.3, 0.4) is 0 Å². The number of aromatic nitrogens is 2. The van der Waals surface area contributed by atoms with Crippen LogP contribution in [-0.2, 0) is 12.5 Å². The summed E-state index contributed by atoms with van der Waals surface area (Å²) in [6, 6.07) is 20.1. The predicted octanol–water partition coefficient (Wildman–Crippen LogP) is 5.72. The van der Waals surface area contributed by atoms with E-state index in [2.05, 4.69) is 36.7 Å². The molecule has 0 saturated carbocycles. The minimum atomic E-state index is -0.280. The van der Waals surface area contributed by atoms with Crippen molar-refractivity contribution in [2.24, 2.45) is 7.05 Å². The van der Waals surface area contributed by atoms with Crippen molar-refractivity contribution in [3.05, 3.63) is 105 Å². The lowest BCUT2D eigenvalue weighted by atomic mass is 9.86. The Bertz CT molecular complexity index is 1630. The van der Waals surface area contributed by atoms with Crippen molar-refractivity contribution in [3.8, 4) is 11.3 Å². The number of carbonyl (C=O) groups is 2. The second kappa shape index (κ2) is 11.2. The van der Waals surface area contributed by atoms with Gasteiger partial charge in [-0.05, 0) is 72.9 Å². The molecule has 206 valence electrons. The molecule has 0 unspecified atom stereocenters. The minimum Gasteiger partial charge on any atom is -0.355 e. The van der Waals surface area contributed by atoms with Crippen molar-refractivity contribution in [2.75, 3.05) is 17.7 Å². The third-order valence-electron chi connectivity index (χ3n) is 7.06. The first-order chi connectivity index (χ1) is 18.9.